The number of hydrogen-bond acceptors (Lipinski definition) is 20. The van der Waals surface area contributed by atoms with Crippen LogP contribution in [0.1, 0.15) is 105 Å². The lowest BCUT2D eigenvalue weighted by molar-refractivity contribution is -0.307. The van der Waals surface area contributed by atoms with Crippen molar-refractivity contribution in [2.24, 2.45) is 0 Å². The Hall–Kier alpha value is -5.54. The lowest BCUT2D eigenvalue weighted by atomic mass is 9.97. The molecule has 9 N–H and O–H groups in total. The molecule has 1 unspecified atom stereocenters. The lowest BCUT2D eigenvalue weighted by Crippen LogP contribution is -2.64. The van der Waals surface area contributed by atoms with Crippen molar-refractivity contribution in [1.29, 1.82) is 0 Å². The number of nitrogens with zero attached hydrogens (tertiary/aromatic N) is 6. The van der Waals surface area contributed by atoms with Crippen molar-refractivity contribution < 1.29 is 79.2 Å². The van der Waals surface area contributed by atoms with Crippen molar-refractivity contribution in [1.82, 2.24) is 29.4 Å². The number of aromatic hydroxyl groups is 2. The summed E-state index contributed by atoms with van der Waals surface area (Å²) in [5.74, 6) is -1.62. The molecule has 4 aromatic rings. The van der Waals surface area contributed by atoms with Crippen LogP contribution in [-0.2, 0) is 53.5 Å². The molecule has 0 bridgehead atoms. The number of hydrogen-bond donors (Lipinski definition) is 9. The number of piperazine rings is 2. The molecule has 446 valence electrons. The molecule has 6 heterocycles. The molecular formula is C60H80N6O16. The molecule has 22 nitrogen and oxygen atoms in total. The van der Waals surface area contributed by atoms with E-state index in [9.17, 15) is 55.5 Å². The number of phenols is 2. The second-order valence-corrected chi connectivity index (χ2v) is 23.7. The summed E-state index contributed by atoms with van der Waals surface area (Å²) >= 11 is 0. The van der Waals surface area contributed by atoms with Crippen molar-refractivity contribution >= 4 is 11.8 Å². The van der Waals surface area contributed by atoms with E-state index in [1.807, 2.05) is 52.9 Å². The minimum absolute atomic E-state index is 0.0644. The van der Waals surface area contributed by atoms with E-state index in [2.05, 4.69) is 44.8 Å². The van der Waals surface area contributed by atoms with Crippen LogP contribution in [0.15, 0.2) is 60.7 Å². The molecule has 22 heteroatoms. The van der Waals surface area contributed by atoms with Crippen LogP contribution in [-0.4, -0.2) is 228 Å². The average molecular weight is 1140 g/mol. The Bertz CT molecular complexity index is 2940. The summed E-state index contributed by atoms with van der Waals surface area (Å²) in [7, 11) is 4.08. The molecule has 0 aromatic heterocycles. The van der Waals surface area contributed by atoms with E-state index in [-0.39, 0.29) is 65.0 Å². The quantitative estimate of drug-likeness (QED) is 0.0770. The predicted octanol–water partition coefficient (Wildman–Crippen LogP) is 1.56. The maximum absolute atomic E-state index is 14.5. The summed E-state index contributed by atoms with van der Waals surface area (Å²) in [4.78, 5) is 41.1. The third kappa shape index (κ3) is 12.5. The van der Waals surface area contributed by atoms with Gasteiger partial charge in [-0.15, -0.1) is 0 Å². The van der Waals surface area contributed by atoms with Crippen molar-refractivity contribution in [3.63, 3.8) is 0 Å². The molecule has 11 atom stereocenters. The lowest BCUT2D eigenvalue weighted by Gasteiger charge is -2.46. The van der Waals surface area contributed by atoms with Crippen LogP contribution in [0, 0.1) is 0 Å². The molecule has 4 fully saturated rings. The first-order chi connectivity index (χ1) is 39.2. The summed E-state index contributed by atoms with van der Waals surface area (Å²) in [5, 5.41) is 97.4. The third-order valence-corrected chi connectivity index (χ3v) is 17.0. The van der Waals surface area contributed by atoms with Crippen molar-refractivity contribution in [3.05, 3.63) is 116 Å². The van der Waals surface area contributed by atoms with Gasteiger partial charge in [0.25, 0.3) is 11.8 Å². The number of ether oxygens (including phenoxy) is 5. The van der Waals surface area contributed by atoms with Gasteiger partial charge in [0.05, 0.1) is 24.3 Å². The minimum atomic E-state index is -1.75. The van der Waals surface area contributed by atoms with Gasteiger partial charge in [-0.3, -0.25) is 19.4 Å². The van der Waals surface area contributed by atoms with Crippen LogP contribution in [0.2, 0.25) is 0 Å². The number of benzene rings is 4. The Morgan fingerprint density at radius 3 is 1.70 bits per heavy atom. The highest BCUT2D eigenvalue weighted by Gasteiger charge is 2.49. The van der Waals surface area contributed by atoms with Crippen molar-refractivity contribution in [2.45, 2.75) is 146 Å². The Kier molecular flexibility index (Phi) is 18.1. The molecule has 6 aliphatic heterocycles. The molecular weight excluding hydrogens is 1060 g/mol. The third-order valence-electron chi connectivity index (χ3n) is 17.0. The van der Waals surface area contributed by atoms with Gasteiger partial charge in [0.15, 0.2) is 6.10 Å². The van der Waals surface area contributed by atoms with Crippen LogP contribution >= 0.6 is 0 Å². The van der Waals surface area contributed by atoms with Gasteiger partial charge in [-0.05, 0) is 82.6 Å². The molecule has 4 aromatic carbocycles. The van der Waals surface area contributed by atoms with E-state index in [4.69, 9.17) is 23.7 Å². The smallest absolute Gasteiger partial charge is 0.258 e. The summed E-state index contributed by atoms with van der Waals surface area (Å²) in [5.41, 5.74) is 7.24. The zero-order valence-electron chi connectivity index (χ0n) is 47.5. The van der Waals surface area contributed by atoms with Crippen LogP contribution in [0.25, 0.3) is 0 Å². The van der Waals surface area contributed by atoms with E-state index < -0.39 is 86.8 Å². The second kappa shape index (κ2) is 25.0. The number of phenolic OH excluding ortho intramolecular Hbond substituents is 2. The van der Waals surface area contributed by atoms with Gasteiger partial charge in [0.2, 0.25) is 12.6 Å². The van der Waals surface area contributed by atoms with Crippen LogP contribution in [0.4, 0.5) is 0 Å². The summed E-state index contributed by atoms with van der Waals surface area (Å²) in [6.45, 7) is 14.4. The Morgan fingerprint density at radius 1 is 0.561 bits per heavy atom. The fourth-order valence-corrected chi connectivity index (χ4v) is 12.0. The van der Waals surface area contributed by atoms with Gasteiger partial charge >= 0.3 is 0 Å². The maximum Gasteiger partial charge on any atom is 0.258 e. The van der Waals surface area contributed by atoms with E-state index in [0.717, 1.165) is 60.5 Å². The first-order valence-corrected chi connectivity index (χ1v) is 28.5. The minimum Gasteiger partial charge on any atom is -0.508 e. The number of carbonyl (C=O) groups is 2. The van der Waals surface area contributed by atoms with Crippen molar-refractivity contribution in [3.8, 4) is 23.0 Å². The SMILES string of the molecule is CC(C)c1cc(C(=O)N2Cc3ccc(CN4CCN(C)CC4O[C@H]4[C@H](Oc5cc(O)c(C(=O)N6Cc7ccc(CN8CCN(C)CC8)cc7C6)cc5C(C)C)O[C@H](CO)[C@H](O)[C@@H]4O)cc3C2)c(O[C@@H]2O[C@H](CO)[C@H](O)[C@H](O)[C@H]2O)cc1O. The van der Waals surface area contributed by atoms with Gasteiger partial charge in [-0.2, -0.15) is 0 Å². The van der Waals surface area contributed by atoms with Gasteiger partial charge < -0.3 is 89.2 Å². The Morgan fingerprint density at radius 2 is 1.09 bits per heavy atom. The zero-order chi connectivity index (χ0) is 58.4. The first kappa shape index (κ1) is 59.6. The number of rotatable bonds is 16. The molecule has 0 radical (unpaired) electrons. The fourth-order valence-electron chi connectivity index (χ4n) is 12.0. The van der Waals surface area contributed by atoms with Crippen molar-refractivity contribution in [2.75, 3.05) is 73.1 Å². The van der Waals surface area contributed by atoms with E-state index in [0.29, 0.717) is 50.4 Å². The van der Waals surface area contributed by atoms with Crippen LogP contribution in [0.3, 0.4) is 0 Å². The summed E-state index contributed by atoms with van der Waals surface area (Å²) < 4.78 is 31.1. The molecule has 10 rings (SSSR count). The topological polar surface area (TPSA) is 282 Å². The van der Waals surface area contributed by atoms with E-state index >= 15 is 0 Å². The van der Waals surface area contributed by atoms with Gasteiger partial charge in [-0.25, -0.2) is 0 Å². The molecule has 2 amide bonds. The fraction of sp³-hybridized carbons (Fsp3) is 0.567. The molecule has 6 aliphatic rings. The number of aliphatic hydroxyl groups is 7. The molecule has 4 saturated heterocycles. The van der Waals surface area contributed by atoms with Gasteiger partial charge in [0, 0.05) is 97.2 Å². The normalized spacial score (nSPS) is 28.5. The maximum atomic E-state index is 14.5. The predicted molar refractivity (Wildman–Crippen MR) is 297 cm³/mol. The summed E-state index contributed by atoms with van der Waals surface area (Å²) in [6, 6.07) is 18.1. The summed E-state index contributed by atoms with van der Waals surface area (Å²) in [6.07, 6.45) is -15.7. The highest BCUT2D eigenvalue weighted by atomic mass is 16.7. The highest BCUT2D eigenvalue weighted by molar-refractivity contribution is 5.98. The molecule has 82 heavy (non-hydrogen) atoms. The van der Waals surface area contributed by atoms with E-state index in [1.54, 1.807) is 15.9 Å². The monoisotopic (exact) mass is 1140 g/mol. The van der Waals surface area contributed by atoms with E-state index in [1.165, 1.54) is 23.8 Å². The van der Waals surface area contributed by atoms with Gasteiger partial charge in [0.1, 0.15) is 72.0 Å². The molecule has 0 saturated carbocycles. The number of likely N-dealkylation sites (N-methyl/N-ethyl adjacent to an activating group) is 2. The number of amides is 2. The number of fused-ring (bicyclic) bond motifs is 2. The first-order valence-electron chi connectivity index (χ1n) is 28.5. The Balaban J connectivity index is 0.836. The van der Waals surface area contributed by atoms with Gasteiger partial charge in [-0.1, -0.05) is 64.1 Å². The molecule has 0 spiro atoms. The number of aliphatic hydroxyl groups excluding tert-OH is 7. The average Bonchev–Trinajstić information content (AvgIpc) is 4.27. The Labute approximate surface area is 477 Å². The standard InChI is InChI=1S/C60H80N6O16/c1-32(2)40-19-43(47(21-44(40)69)78-59-55(75)53(73)51(71)48(30-67)80-59)58(77)66-26-37-10-8-35(18-39(37)28-66)24-64-16-13-62(6)29-50(64)82-56-54(74)52(72)49(31-68)81-60(56)79-46-22-45(70)42(20-41(46)33(3)4)57(76)65-25-36-9-7-34(17-38(36)27-65)23-63-14-11-61(5)12-15-63/h7-10,17-22,32-33,48-56,59-60,67-75H,11-16,23-31H2,1-6H3/t48-,49-,50?,51+,52+,53+,54+,55-,56-,59-,60-/m1/s1. The largest absolute Gasteiger partial charge is 0.508 e. The second-order valence-electron chi connectivity index (χ2n) is 23.7. The number of carbonyl (C=O) groups excluding carboxylic acids is 2. The van der Waals surface area contributed by atoms with Crippen LogP contribution in [0.5, 0.6) is 23.0 Å². The zero-order valence-corrected chi connectivity index (χ0v) is 47.5. The van der Waals surface area contributed by atoms with Crippen LogP contribution < -0.4 is 9.47 Å². The molecule has 0 aliphatic carbocycles. The highest BCUT2D eigenvalue weighted by Crippen LogP contribution is 2.40.